The Bertz CT molecular complexity index is 985. The minimum Gasteiger partial charge on any atom is -0.451 e. The number of esters is 1. The highest BCUT2D eigenvalue weighted by atomic mass is 35.5. The molecular formula is C17H12Cl2N2O3. The van der Waals surface area contributed by atoms with Crippen molar-refractivity contribution in [3.63, 3.8) is 0 Å². The van der Waals surface area contributed by atoms with Crippen molar-refractivity contribution < 1.29 is 9.53 Å². The van der Waals surface area contributed by atoms with Crippen molar-refractivity contribution in [1.29, 1.82) is 0 Å². The van der Waals surface area contributed by atoms with Crippen LogP contribution in [-0.2, 0) is 4.74 Å². The number of H-pyrrole nitrogens is 1. The minimum absolute atomic E-state index is 0.152. The smallest absolute Gasteiger partial charge is 0.340 e. The molecule has 0 radical (unpaired) electrons. The Morgan fingerprint density at radius 1 is 1.21 bits per heavy atom. The summed E-state index contributed by atoms with van der Waals surface area (Å²) in [6.45, 7) is 1.61. The summed E-state index contributed by atoms with van der Waals surface area (Å²) in [6, 6.07) is 11.4. The molecule has 3 rings (SSSR count). The largest absolute Gasteiger partial charge is 0.451 e. The highest BCUT2D eigenvalue weighted by molar-refractivity contribution is 6.35. The number of hydrogen-bond acceptors (Lipinski definition) is 4. The molecule has 7 heteroatoms. The maximum absolute atomic E-state index is 12.3. The van der Waals surface area contributed by atoms with Crippen LogP contribution >= 0.6 is 23.2 Å². The SMILES string of the molecule is CC(OC(=O)c1cc(Cl)ccc1Cl)c1nc2ccccc2c(=O)[nH]1. The molecule has 1 heterocycles. The number of carbonyl (C=O) groups is 1. The second kappa shape index (κ2) is 6.63. The number of nitrogens with one attached hydrogen (secondary N) is 1. The molecule has 5 nitrogen and oxygen atoms in total. The predicted octanol–water partition coefficient (Wildman–Crippen LogP) is 4.15. The number of benzene rings is 2. The van der Waals surface area contributed by atoms with Gasteiger partial charge >= 0.3 is 5.97 Å². The predicted molar refractivity (Wildman–Crippen MR) is 92.7 cm³/mol. The molecule has 1 unspecified atom stereocenters. The van der Waals surface area contributed by atoms with Crippen LogP contribution in [0.25, 0.3) is 10.9 Å². The summed E-state index contributed by atoms with van der Waals surface area (Å²) in [4.78, 5) is 31.3. The number of fused-ring (bicyclic) bond motifs is 1. The molecule has 0 fully saturated rings. The van der Waals surface area contributed by atoms with E-state index in [2.05, 4.69) is 9.97 Å². The number of aromatic nitrogens is 2. The first-order valence-electron chi connectivity index (χ1n) is 7.10. The van der Waals surface area contributed by atoms with Crippen LogP contribution in [0.2, 0.25) is 10.0 Å². The van der Waals surface area contributed by atoms with Crippen LogP contribution in [0.1, 0.15) is 29.2 Å². The fourth-order valence-electron chi connectivity index (χ4n) is 2.23. The van der Waals surface area contributed by atoms with Gasteiger partial charge in [0.1, 0.15) is 0 Å². The highest BCUT2D eigenvalue weighted by Gasteiger charge is 2.19. The number of carbonyl (C=O) groups excluding carboxylic acids is 1. The number of ether oxygens (including phenoxy) is 1. The molecular weight excluding hydrogens is 351 g/mol. The van der Waals surface area contributed by atoms with Crippen molar-refractivity contribution in [3.8, 4) is 0 Å². The zero-order chi connectivity index (χ0) is 17.3. The lowest BCUT2D eigenvalue weighted by Crippen LogP contribution is -2.17. The van der Waals surface area contributed by atoms with Gasteiger partial charge in [-0.15, -0.1) is 0 Å². The third-order valence-electron chi connectivity index (χ3n) is 3.45. The fourth-order valence-corrected chi connectivity index (χ4v) is 2.60. The normalized spacial score (nSPS) is 12.1. The summed E-state index contributed by atoms with van der Waals surface area (Å²) in [6.07, 6.45) is -0.759. The first-order valence-corrected chi connectivity index (χ1v) is 7.86. The summed E-state index contributed by atoms with van der Waals surface area (Å²) in [7, 11) is 0. The molecule has 1 N–H and O–H groups in total. The van der Waals surface area contributed by atoms with Gasteiger partial charge in [0.2, 0.25) is 0 Å². The van der Waals surface area contributed by atoms with E-state index >= 15 is 0 Å². The van der Waals surface area contributed by atoms with Gasteiger partial charge in [0, 0.05) is 5.02 Å². The van der Waals surface area contributed by atoms with E-state index in [1.165, 1.54) is 12.1 Å². The molecule has 0 saturated heterocycles. The first kappa shape index (κ1) is 16.5. The van der Waals surface area contributed by atoms with Gasteiger partial charge in [0.25, 0.3) is 5.56 Å². The Balaban J connectivity index is 1.89. The van der Waals surface area contributed by atoms with Crippen LogP contribution in [-0.4, -0.2) is 15.9 Å². The Kier molecular flexibility index (Phi) is 4.55. The van der Waals surface area contributed by atoms with Gasteiger partial charge in [-0.2, -0.15) is 0 Å². The molecule has 0 aliphatic rings. The molecule has 0 aliphatic carbocycles. The Labute approximate surface area is 147 Å². The Morgan fingerprint density at radius 2 is 1.96 bits per heavy atom. The van der Waals surface area contributed by atoms with Gasteiger partial charge in [-0.25, -0.2) is 9.78 Å². The van der Waals surface area contributed by atoms with Crippen molar-refractivity contribution in [1.82, 2.24) is 9.97 Å². The second-order valence-corrected chi connectivity index (χ2v) is 5.98. The molecule has 0 saturated carbocycles. The summed E-state index contributed by atoms with van der Waals surface area (Å²) in [5.74, 6) is -0.393. The van der Waals surface area contributed by atoms with Gasteiger partial charge < -0.3 is 9.72 Å². The fraction of sp³-hybridized carbons (Fsp3) is 0.118. The van der Waals surface area contributed by atoms with Crippen molar-refractivity contribution in [2.45, 2.75) is 13.0 Å². The number of halogens is 2. The average Bonchev–Trinajstić information content (AvgIpc) is 2.57. The zero-order valence-electron chi connectivity index (χ0n) is 12.5. The topological polar surface area (TPSA) is 72.0 Å². The van der Waals surface area contributed by atoms with E-state index in [-0.39, 0.29) is 22.0 Å². The van der Waals surface area contributed by atoms with Gasteiger partial charge in [-0.05, 0) is 37.3 Å². The van der Waals surface area contributed by atoms with Crippen molar-refractivity contribution >= 4 is 40.1 Å². The van der Waals surface area contributed by atoms with Crippen molar-refractivity contribution in [3.05, 3.63) is 74.3 Å². The zero-order valence-corrected chi connectivity index (χ0v) is 14.1. The molecule has 1 aromatic heterocycles. The number of nitrogens with zero attached hydrogens (tertiary/aromatic N) is 1. The Morgan fingerprint density at radius 3 is 2.75 bits per heavy atom. The van der Waals surface area contributed by atoms with Gasteiger partial charge in [-0.1, -0.05) is 35.3 Å². The first-order chi connectivity index (χ1) is 11.5. The molecule has 0 amide bonds. The molecule has 0 aliphatic heterocycles. The molecule has 0 bridgehead atoms. The third kappa shape index (κ3) is 3.27. The molecule has 122 valence electrons. The quantitative estimate of drug-likeness (QED) is 0.710. The van der Waals surface area contributed by atoms with Crippen LogP contribution in [0.15, 0.2) is 47.3 Å². The summed E-state index contributed by atoms with van der Waals surface area (Å²) >= 11 is 11.9. The van der Waals surface area contributed by atoms with Crippen LogP contribution in [0, 0.1) is 0 Å². The number of hydrogen-bond donors (Lipinski definition) is 1. The number of rotatable bonds is 3. The van der Waals surface area contributed by atoms with Gasteiger partial charge in [-0.3, -0.25) is 4.79 Å². The third-order valence-corrected chi connectivity index (χ3v) is 4.01. The lowest BCUT2D eigenvalue weighted by molar-refractivity contribution is 0.0320. The lowest BCUT2D eigenvalue weighted by Gasteiger charge is -2.13. The molecule has 1 atom stereocenters. The van der Waals surface area contributed by atoms with E-state index in [4.69, 9.17) is 27.9 Å². The van der Waals surface area contributed by atoms with Gasteiger partial charge in [0.15, 0.2) is 11.9 Å². The minimum atomic E-state index is -0.759. The van der Waals surface area contributed by atoms with Crippen LogP contribution in [0.5, 0.6) is 0 Å². The van der Waals surface area contributed by atoms with Crippen molar-refractivity contribution in [2.24, 2.45) is 0 Å². The Hall–Kier alpha value is -2.37. The van der Waals surface area contributed by atoms with E-state index in [1.54, 1.807) is 37.3 Å². The van der Waals surface area contributed by atoms with E-state index in [0.29, 0.717) is 15.9 Å². The number of para-hydroxylation sites is 1. The highest BCUT2D eigenvalue weighted by Crippen LogP contribution is 2.24. The molecule has 2 aromatic carbocycles. The monoisotopic (exact) mass is 362 g/mol. The van der Waals surface area contributed by atoms with Gasteiger partial charge in [0.05, 0.1) is 21.5 Å². The maximum atomic E-state index is 12.3. The van der Waals surface area contributed by atoms with E-state index < -0.39 is 12.1 Å². The molecule has 24 heavy (non-hydrogen) atoms. The standard InChI is InChI=1S/C17H12Cl2N2O3/c1-9(24-17(23)12-8-10(18)6-7-13(12)19)15-20-14-5-3-2-4-11(14)16(22)21-15/h2-9H,1H3,(H,20,21,22). The summed E-state index contributed by atoms with van der Waals surface area (Å²) in [5, 5.41) is 1.07. The summed E-state index contributed by atoms with van der Waals surface area (Å²) in [5.41, 5.74) is 0.387. The van der Waals surface area contributed by atoms with Crippen LogP contribution in [0.3, 0.4) is 0 Å². The molecule has 3 aromatic rings. The van der Waals surface area contributed by atoms with E-state index in [0.717, 1.165) is 0 Å². The van der Waals surface area contributed by atoms with E-state index in [1.807, 2.05) is 0 Å². The van der Waals surface area contributed by atoms with Crippen molar-refractivity contribution in [2.75, 3.05) is 0 Å². The van der Waals surface area contributed by atoms with E-state index in [9.17, 15) is 9.59 Å². The van der Waals surface area contributed by atoms with Crippen LogP contribution in [0.4, 0.5) is 0 Å². The molecule has 0 spiro atoms. The van der Waals surface area contributed by atoms with Crippen LogP contribution < -0.4 is 5.56 Å². The average molecular weight is 363 g/mol. The lowest BCUT2D eigenvalue weighted by atomic mass is 10.2. The summed E-state index contributed by atoms with van der Waals surface area (Å²) < 4.78 is 5.35. The second-order valence-electron chi connectivity index (χ2n) is 5.14. The maximum Gasteiger partial charge on any atom is 0.340 e. The number of aromatic amines is 1.